The third-order valence-corrected chi connectivity index (χ3v) is 3.91. The van der Waals surface area contributed by atoms with Crippen LogP contribution in [0.5, 0.6) is 5.75 Å². The summed E-state index contributed by atoms with van der Waals surface area (Å²) in [4.78, 5) is 12.5. The Morgan fingerprint density at radius 2 is 2.08 bits per heavy atom. The lowest BCUT2D eigenvalue weighted by Crippen LogP contribution is -2.12. The fourth-order valence-corrected chi connectivity index (χ4v) is 2.74. The highest BCUT2D eigenvalue weighted by Crippen LogP contribution is 2.21. The highest BCUT2D eigenvalue weighted by Gasteiger charge is 2.18. The van der Waals surface area contributed by atoms with Gasteiger partial charge in [-0.1, -0.05) is 11.2 Å². The molecule has 0 bridgehead atoms. The summed E-state index contributed by atoms with van der Waals surface area (Å²) in [5, 5.41) is 12.9. The van der Waals surface area contributed by atoms with Crippen molar-refractivity contribution in [3.05, 3.63) is 64.7 Å². The van der Waals surface area contributed by atoms with Crippen LogP contribution >= 0.6 is 0 Å². The summed E-state index contributed by atoms with van der Waals surface area (Å²) >= 11 is 0. The van der Waals surface area contributed by atoms with Crippen molar-refractivity contribution in [2.75, 3.05) is 6.61 Å². The molecule has 3 rings (SSSR count). The van der Waals surface area contributed by atoms with Crippen molar-refractivity contribution in [3.63, 3.8) is 0 Å². The van der Waals surface area contributed by atoms with Gasteiger partial charge in [0.15, 0.2) is 12.4 Å². The van der Waals surface area contributed by atoms with Crippen molar-refractivity contribution in [2.24, 2.45) is 0 Å². The summed E-state index contributed by atoms with van der Waals surface area (Å²) in [6.45, 7) is 5.49. The first-order chi connectivity index (χ1) is 12.0. The summed E-state index contributed by atoms with van der Waals surface area (Å²) in [5.74, 6) is 1.71. The number of benzene rings is 1. The number of Topliss-reactive ketones (excluding diaryl/α,β-unsaturated/α-hetero) is 1. The van der Waals surface area contributed by atoms with E-state index < -0.39 is 0 Å². The Kier molecular flexibility index (Phi) is 4.40. The largest absolute Gasteiger partial charge is 0.485 e. The van der Waals surface area contributed by atoms with Gasteiger partial charge in [0.2, 0.25) is 5.78 Å². The number of nitrogens with zero attached hydrogens (tertiary/aromatic N) is 3. The maximum Gasteiger partial charge on any atom is 0.202 e. The number of ether oxygens (including phenoxy) is 1. The molecule has 0 aliphatic carbocycles. The van der Waals surface area contributed by atoms with E-state index in [0.717, 1.165) is 11.4 Å². The topological polar surface area (TPSA) is 81.0 Å². The number of aryl methyl sites for hydroxylation is 2. The molecule has 0 N–H and O–H groups in total. The van der Waals surface area contributed by atoms with E-state index in [2.05, 4.69) is 5.16 Å². The van der Waals surface area contributed by atoms with E-state index in [0.29, 0.717) is 28.5 Å². The molecule has 3 aromatic rings. The maximum absolute atomic E-state index is 12.5. The van der Waals surface area contributed by atoms with Crippen LogP contribution in [0.1, 0.15) is 33.1 Å². The molecule has 0 amide bonds. The van der Waals surface area contributed by atoms with Crippen molar-refractivity contribution >= 4 is 5.78 Å². The van der Waals surface area contributed by atoms with E-state index >= 15 is 0 Å². The summed E-state index contributed by atoms with van der Waals surface area (Å²) in [7, 11) is 0. The Morgan fingerprint density at radius 3 is 2.76 bits per heavy atom. The summed E-state index contributed by atoms with van der Waals surface area (Å²) in [5.41, 5.74) is 2.74. The van der Waals surface area contributed by atoms with E-state index in [1.807, 2.05) is 43.5 Å². The molecule has 0 radical (unpaired) electrons. The number of ketones is 1. The van der Waals surface area contributed by atoms with Crippen molar-refractivity contribution in [1.29, 1.82) is 5.26 Å². The summed E-state index contributed by atoms with van der Waals surface area (Å²) in [6, 6.07) is 12.4. The minimum absolute atomic E-state index is 0.100. The lowest BCUT2D eigenvalue weighted by molar-refractivity contribution is 0.0921. The number of hydrogen-bond donors (Lipinski definition) is 0. The van der Waals surface area contributed by atoms with Gasteiger partial charge in [-0.2, -0.15) is 5.26 Å². The fraction of sp³-hybridized carbons (Fsp3) is 0.211. The zero-order valence-corrected chi connectivity index (χ0v) is 14.2. The summed E-state index contributed by atoms with van der Waals surface area (Å²) in [6.07, 6.45) is 0. The molecule has 6 nitrogen and oxygen atoms in total. The van der Waals surface area contributed by atoms with Gasteiger partial charge < -0.3 is 9.26 Å². The third-order valence-electron chi connectivity index (χ3n) is 3.91. The second-order valence-electron chi connectivity index (χ2n) is 5.77. The Hall–Kier alpha value is -3.33. The van der Waals surface area contributed by atoms with Gasteiger partial charge in [0.25, 0.3) is 0 Å². The van der Waals surface area contributed by atoms with Crippen LogP contribution in [0.25, 0.3) is 5.82 Å². The molecule has 2 aromatic heterocycles. The Bertz CT molecular complexity index is 976. The van der Waals surface area contributed by atoms with Gasteiger partial charge in [-0.15, -0.1) is 0 Å². The van der Waals surface area contributed by atoms with E-state index in [1.165, 1.54) is 0 Å². The molecular formula is C19H17N3O3. The quantitative estimate of drug-likeness (QED) is 0.666. The van der Waals surface area contributed by atoms with Crippen LogP contribution in [-0.4, -0.2) is 22.1 Å². The molecular weight excluding hydrogens is 318 g/mol. The van der Waals surface area contributed by atoms with E-state index in [4.69, 9.17) is 14.5 Å². The average Bonchev–Trinajstić information content (AvgIpc) is 3.15. The van der Waals surface area contributed by atoms with Crippen LogP contribution in [-0.2, 0) is 0 Å². The van der Waals surface area contributed by atoms with Crippen LogP contribution in [0, 0.1) is 32.1 Å². The van der Waals surface area contributed by atoms with Crippen molar-refractivity contribution in [3.8, 4) is 17.6 Å². The van der Waals surface area contributed by atoms with Gasteiger partial charge in [-0.05, 0) is 45.0 Å². The third kappa shape index (κ3) is 3.31. The number of rotatable bonds is 5. The van der Waals surface area contributed by atoms with E-state index in [1.54, 1.807) is 24.3 Å². The minimum Gasteiger partial charge on any atom is -0.485 e. The molecule has 0 atom stereocenters. The van der Waals surface area contributed by atoms with Gasteiger partial charge in [0, 0.05) is 23.0 Å². The standard InChI is InChI=1S/C19H17N3O3/c1-12-7-17(14(3)22(12)19-8-13(2)25-21-19)18(23)11-24-16-6-4-5-15(9-16)10-20/h4-9H,11H2,1-3H3. The Labute approximate surface area is 145 Å². The van der Waals surface area contributed by atoms with Crippen LogP contribution < -0.4 is 4.74 Å². The molecule has 6 heteroatoms. The van der Waals surface area contributed by atoms with Gasteiger partial charge in [0.05, 0.1) is 11.6 Å². The molecule has 2 heterocycles. The predicted molar refractivity (Wildman–Crippen MR) is 91.0 cm³/mol. The maximum atomic E-state index is 12.5. The molecule has 0 saturated carbocycles. The first-order valence-electron chi connectivity index (χ1n) is 7.78. The smallest absolute Gasteiger partial charge is 0.202 e. The van der Waals surface area contributed by atoms with Gasteiger partial charge in [0.1, 0.15) is 11.5 Å². The highest BCUT2D eigenvalue weighted by atomic mass is 16.5. The first kappa shape index (κ1) is 16.5. The molecule has 1 aromatic carbocycles. The number of carbonyl (C=O) groups excluding carboxylic acids is 1. The zero-order valence-electron chi connectivity index (χ0n) is 14.2. The normalized spacial score (nSPS) is 10.5. The van der Waals surface area contributed by atoms with Crippen LogP contribution in [0.15, 0.2) is 40.9 Å². The van der Waals surface area contributed by atoms with E-state index in [9.17, 15) is 4.79 Å². The number of nitriles is 1. The number of aromatic nitrogens is 2. The molecule has 126 valence electrons. The molecule has 0 saturated heterocycles. The molecule has 0 aliphatic rings. The number of carbonyl (C=O) groups is 1. The molecule has 0 spiro atoms. The second kappa shape index (κ2) is 6.65. The summed E-state index contributed by atoms with van der Waals surface area (Å²) < 4.78 is 12.5. The Balaban J connectivity index is 1.80. The van der Waals surface area contributed by atoms with Gasteiger partial charge in [-0.25, -0.2) is 0 Å². The highest BCUT2D eigenvalue weighted by molar-refractivity contribution is 5.98. The average molecular weight is 335 g/mol. The van der Waals surface area contributed by atoms with Crippen molar-refractivity contribution in [2.45, 2.75) is 20.8 Å². The van der Waals surface area contributed by atoms with Gasteiger partial charge >= 0.3 is 0 Å². The predicted octanol–water partition coefficient (Wildman–Crippen LogP) is 3.52. The van der Waals surface area contributed by atoms with Crippen molar-refractivity contribution < 1.29 is 14.1 Å². The van der Waals surface area contributed by atoms with Gasteiger partial charge in [-0.3, -0.25) is 9.36 Å². The second-order valence-corrected chi connectivity index (χ2v) is 5.77. The fourth-order valence-electron chi connectivity index (χ4n) is 2.74. The lowest BCUT2D eigenvalue weighted by Gasteiger charge is -2.07. The van der Waals surface area contributed by atoms with Crippen LogP contribution in [0.3, 0.4) is 0 Å². The first-order valence-corrected chi connectivity index (χ1v) is 7.78. The Morgan fingerprint density at radius 1 is 1.28 bits per heavy atom. The number of hydrogen-bond acceptors (Lipinski definition) is 5. The van der Waals surface area contributed by atoms with E-state index in [-0.39, 0.29) is 12.4 Å². The van der Waals surface area contributed by atoms with Crippen molar-refractivity contribution in [1.82, 2.24) is 9.72 Å². The molecule has 25 heavy (non-hydrogen) atoms. The lowest BCUT2D eigenvalue weighted by atomic mass is 10.1. The molecule has 0 fully saturated rings. The monoisotopic (exact) mass is 335 g/mol. The molecule has 0 unspecified atom stereocenters. The molecule has 0 aliphatic heterocycles. The van der Waals surface area contributed by atoms with Crippen LogP contribution in [0.4, 0.5) is 0 Å². The zero-order chi connectivity index (χ0) is 18.0. The minimum atomic E-state index is -0.137. The van der Waals surface area contributed by atoms with Crippen LogP contribution in [0.2, 0.25) is 0 Å². The SMILES string of the molecule is Cc1cc(-n2c(C)cc(C(=O)COc3cccc(C#N)c3)c2C)no1.